The molecular formula is C9H7F3N4S. The third-order valence-corrected chi connectivity index (χ3v) is 2.47. The largest absolute Gasteiger partial charge is 0.417 e. The quantitative estimate of drug-likeness (QED) is 0.801. The second-order valence-corrected chi connectivity index (χ2v) is 3.71. The molecule has 0 fully saturated rings. The van der Waals surface area contributed by atoms with Crippen LogP contribution in [0.4, 0.5) is 13.2 Å². The van der Waals surface area contributed by atoms with Gasteiger partial charge >= 0.3 is 6.18 Å². The Morgan fingerprint density at radius 1 is 1.35 bits per heavy atom. The lowest BCUT2D eigenvalue weighted by Crippen LogP contribution is -2.05. The van der Waals surface area contributed by atoms with Crippen LogP contribution < -0.4 is 0 Å². The molecule has 1 N–H and O–H groups in total. The van der Waals surface area contributed by atoms with Gasteiger partial charge in [-0.25, -0.2) is 0 Å². The van der Waals surface area contributed by atoms with Crippen molar-refractivity contribution in [1.82, 2.24) is 19.7 Å². The van der Waals surface area contributed by atoms with Crippen molar-refractivity contribution in [2.45, 2.75) is 6.18 Å². The summed E-state index contributed by atoms with van der Waals surface area (Å²) >= 11 is 4.87. The molecule has 0 aliphatic heterocycles. The van der Waals surface area contributed by atoms with Crippen molar-refractivity contribution in [3.05, 3.63) is 28.7 Å². The zero-order chi connectivity index (χ0) is 12.6. The summed E-state index contributed by atoms with van der Waals surface area (Å²) in [6.07, 6.45) is -3.62. The van der Waals surface area contributed by atoms with Crippen molar-refractivity contribution in [2.75, 3.05) is 0 Å². The van der Waals surface area contributed by atoms with Gasteiger partial charge in [0.2, 0.25) is 4.77 Å². The first-order valence-corrected chi connectivity index (χ1v) is 4.95. The maximum Gasteiger partial charge on any atom is 0.417 e. The number of rotatable bonds is 1. The Hall–Kier alpha value is -1.70. The minimum atomic E-state index is -4.39. The molecule has 90 valence electrons. The molecule has 0 unspecified atom stereocenters. The van der Waals surface area contributed by atoms with Crippen molar-refractivity contribution in [1.29, 1.82) is 0 Å². The highest BCUT2D eigenvalue weighted by Gasteiger charge is 2.30. The smallest absolute Gasteiger partial charge is 0.278 e. The molecule has 17 heavy (non-hydrogen) atoms. The van der Waals surface area contributed by atoms with Gasteiger partial charge in [-0.1, -0.05) is 0 Å². The van der Waals surface area contributed by atoms with Crippen LogP contribution in [0, 0.1) is 4.77 Å². The first-order valence-electron chi connectivity index (χ1n) is 4.54. The van der Waals surface area contributed by atoms with Crippen LogP contribution in [-0.4, -0.2) is 19.7 Å². The Morgan fingerprint density at radius 3 is 2.47 bits per heavy atom. The molecule has 0 spiro atoms. The van der Waals surface area contributed by atoms with Gasteiger partial charge in [0.05, 0.1) is 5.56 Å². The Labute approximate surface area is 99.1 Å². The molecule has 2 rings (SSSR count). The Morgan fingerprint density at radius 2 is 2.06 bits per heavy atom. The van der Waals surface area contributed by atoms with Crippen LogP contribution in [0.3, 0.4) is 0 Å². The topological polar surface area (TPSA) is 46.5 Å². The number of aromatic nitrogens is 4. The van der Waals surface area contributed by atoms with E-state index in [1.165, 1.54) is 10.7 Å². The zero-order valence-electron chi connectivity index (χ0n) is 8.62. The number of nitrogens with one attached hydrogen (secondary N) is 1. The summed E-state index contributed by atoms with van der Waals surface area (Å²) in [6.45, 7) is 0. The van der Waals surface area contributed by atoms with Gasteiger partial charge in [0, 0.05) is 13.2 Å². The number of halogens is 3. The molecule has 2 aromatic heterocycles. The average Bonchev–Trinajstić information content (AvgIpc) is 2.58. The molecule has 4 nitrogen and oxygen atoms in total. The lowest BCUT2D eigenvalue weighted by Gasteiger charge is -2.05. The summed E-state index contributed by atoms with van der Waals surface area (Å²) in [5.74, 6) is 0.339. The first-order chi connectivity index (χ1) is 7.88. The number of H-pyrrole nitrogens is 1. The number of alkyl halides is 3. The van der Waals surface area contributed by atoms with Crippen LogP contribution in [0.5, 0.6) is 0 Å². The van der Waals surface area contributed by atoms with E-state index in [1.54, 1.807) is 7.05 Å². The number of hydrogen-bond acceptors (Lipinski definition) is 3. The molecular weight excluding hydrogens is 253 g/mol. The van der Waals surface area contributed by atoms with E-state index >= 15 is 0 Å². The fourth-order valence-electron chi connectivity index (χ4n) is 1.22. The maximum atomic E-state index is 12.3. The van der Waals surface area contributed by atoms with Crippen LogP contribution in [0.2, 0.25) is 0 Å². The summed E-state index contributed by atoms with van der Waals surface area (Å²) in [4.78, 5) is 7.65. The van der Waals surface area contributed by atoms with Gasteiger partial charge in [-0.3, -0.25) is 14.8 Å². The number of pyridine rings is 1. The van der Waals surface area contributed by atoms with E-state index in [1.807, 2.05) is 0 Å². The van der Waals surface area contributed by atoms with Crippen LogP contribution in [0.1, 0.15) is 5.56 Å². The van der Waals surface area contributed by atoms with Gasteiger partial charge in [0.15, 0.2) is 5.82 Å². The lowest BCUT2D eigenvalue weighted by atomic mass is 10.2. The Kier molecular flexibility index (Phi) is 2.74. The van der Waals surface area contributed by atoms with Gasteiger partial charge in [-0.15, -0.1) is 0 Å². The summed E-state index contributed by atoms with van der Waals surface area (Å²) in [7, 11) is 1.66. The summed E-state index contributed by atoms with van der Waals surface area (Å²) < 4.78 is 38.7. The van der Waals surface area contributed by atoms with Crippen LogP contribution >= 0.6 is 12.2 Å². The van der Waals surface area contributed by atoms with Crippen molar-refractivity contribution < 1.29 is 13.2 Å². The number of nitrogens with zero attached hydrogens (tertiary/aromatic N) is 3. The second kappa shape index (κ2) is 3.95. The third kappa shape index (κ3) is 2.36. The van der Waals surface area contributed by atoms with Gasteiger partial charge in [-0.2, -0.15) is 18.2 Å². The summed E-state index contributed by atoms with van der Waals surface area (Å²) in [5.41, 5.74) is -0.486. The molecule has 0 bridgehead atoms. The van der Waals surface area contributed by atoms with E-state index in [4.69, 9.17) is 12.2 Å². The van der Waals surface area contributed by atoms with E-state index < -0.39 is 11.7 Å². The molecule has 0 aromatic carbocycles. The molecule has 0 aliphatic rings. The van der Waals surface area contributed by atoms with E-state index in [2.05, 4.69) is 15.1 Å². The fourth-order valence-corrected chi connectivity index (χ4v) is 1.36. The Balaban J connectivity index is 2.39. The molecule has 0 aliphatic carbocycles. The minimum absolute atomic E-state index is 0.307. The molecule has 0 amide bonds. The van der Waals surface area contributed by atoms with Gasteiger partial charge in [-0.05, 0) is 24.4 Å². The highest BCUT2D eigenvalue weighted by atomic mass is 32.1. The Bertz CT molecular complexity index is 582. The normalized spacial score (nSPS) is 11.8. The first kappa shape index (κ1) is 11.8. The van der Waals surface area contributed by atoms with E-state index in [-0.39, 0.29) is 0 Å². The average molecular weight is 260 g/mol. The van der Waals surface area contributed by atoms with Gasteiger partial charge < -0.3 is 0 Å². The second-order valence-electron chi connectivity index (χ2n) is 3.34. The standard InChI is InChI=1S/C9H7F3N4S/c1-16-8(17)14-7(15-16)6-3-2-5(4-13-6)9(10,11)12/h2-4H,1H3,(H,14,15,17). The van der Waals surface area contributed by atoms with Crippen molar-refractivity contribution in [2.24, 2.45) is 7.05 Å². The van der Waals surface area contributed by atoms with E-state index in [0.717, 1.165) is 12.3 Å². The predicted octanol–water partition coefficient (Wildman–Crippen LogP) is 2.56. The fraction of sp³-hybridized carbons (Fsp3) is 0.222. The van der Waals surface area contributed by atoms with E-state index in [9.17, 15) is 13.2 Å². The molecule has 0 saturated carbocycles. The number of aryl methyl sites for hydroxylation is 1. The van der Waals surface area contributed by atoms with Gasteiger partial charge in [0.25, 0.3) is 0 Å². The molecule has 2 aromatic rings. The molecule has 2 heterocycles. The maximum absolute atomic E-state index is 12.3. The van der Waals surface area contributed by atoms with Crippen LogP contribution in [0.25, 0.3) is 11.5 Å². The third-order valence-electron chi connectivity index (χ3n) is 2.10. The lowest BCUT2D eigenvalue weighted by molar-refractivity contribution is -0.137. The SMILES string of the molecule is Cn1[nH]c(-c2ccc(C(F)(F)F)cn2)nc1=S. The monoisotopic (exact) mass is 260 g/mol. The highest BCUT2D eigenvalue weighted by Crippen LogP contribution is 2.29. The van der Waals surface area contributed by atoms with Crippen LogP contribution in [0.15, 0.2) is 18.3 Å². The highest BCUT2D eigenvalue weighted by molar-refractivity contribution is 7.71. The zero-order valence-corrected chi connectivity index (χ0v) is 9.43. The van der Waals surface area contributed by atoms with Gasteiger partial charge in [0.1, 0.15) is 5.69 Å². The van der Waals surface area contributed by atoms with Crippen molar-refractivity contribution in [3.8, 4) is 11.5 Å². The minimum Gasteiger partial charge on any atom is -0.278 e. The molecule has 8 heteroatoms. The number of aromatic amines is 1. The summed E-state index contributed by atoms with van der Waals surface area (Å²) in [6, 6.07) is 2.20. The predicted molar refractivity (Wildman–Crippen MR) is 56.6 cm³/mol. The van der Waals surface area contributed by atoms with Crippen molar-refractivity contribution in [3.63, 3.8) is 0 Å². The number of hydrogen-bond donors (Lipinski definition) is 1. The van der Waals surface area contributed by atoms with Crippen molar-refractivity contribution >= 4 is 12.2 Å². The molecule has 0 radical (unpaired) electrons. The molecule has 0 saturated heterocycles. The van der Waals surface area contributed by atoms with Crippen LogP contribution in [-0.2, 0) is 13.2 Å². The summed E-state index contributed by atoms with van der Waals surface area (Å²) in [5, 5.41) is 2.78. The van der Waals surface area contributed by atoms with E-state index in [0.29, 0.717) is 16.3 Å². The molecule has 0 atom stereocenters.